The molecule has 2 atom stereocenters. The minimum atomic E-state index is -0.514. The van der Waals surface area contributed by atoms with Crippen LogP contribution in [-0.2, 0) is 11.3 Å². The summed E-state index contributed by atoms with van der Waals surface area (Å²) in [4.78, 5) is 17.4. The fraction of sp³-hybridized carbons (Fsp3) is 0.536. The Bertz CT molecular complexity index is 932. The zero-order valence-corrected chi connectivity index (χ0v) is 21.6. The zero-order valence-electron chi connectivity index (χ0n) is 21.6. The lowest BCUT2D eigenvalue weighted by Gasteiger charge is -2.26. The molecule has 2 unspecified atom stereocenters. The number of aryl methyl sites for hydroxylation is 3. The summed E-state index contributed by atoms with van der Waals surface area (Å²) in [5.41, 5.74) is 5.06. The second-order valence-corrected chi connectivity index (χ2v) is 10.00. The van der Waals surface area contributed by atoms with Gasteiger partial charge in [0.15, 0.2) is 0 Å². The van der Waals surface area contributed by atoms with E-state index in [9.17, 15) is 9.90 Å². The number of carbonyl (C=O) groups excluding carboxylic acids is 1. The molecule has 0 aliphatic heterocycles. The Kier molecular flexibility index (Phi) is 9.50. The van der Waals surface area contributed by atoms with E-state index in [4.69, 9.17) is 9.57 Å². The van der Waals surface area contributed by atoms with Crippen LogP contribution in [0.25, 0.3) is 0 Å². The van der Waals surface area contributed by atoms with Gasteiger partial charge in [0.05, 0.1) is 13.2 Å². The van der Waals surface area contributed by atoms with E-state index in [1.54, 1.807) is 7.05 Å². The highest BCUT2D eigenvalue weighted by Gasteiger charge is 2.23. The fourth-order valence-corrected chi connectivity index (χ4v) is 3.83. The van der Waals surface area contributed by atoms with Gasteiger partial charge in [-0.25, -0.2) is 5.06 Å². The maximum Gasteiger partial charge on any atom is 0.277 e. The van der Waals surface area contributed by atoms with Crippen molar-refractivity contribution < 1.29 is 19.5 Å². The quantitative estimate of drug-likeness (QED) is 0.457. The van der Waals surface area contributed by atoms with Crippen LogP contribution in [-0.4, -0.2) is 42.9 Å². The highest BCUT2D eigenvalue weighted by molar-refractivity contribution is 5.94. The predicted molar refractivity (Wildman–Crippen MR) is 134 cm³/mol. The van der Waals surface area contributed by atoms with E-state index in [0.717, 1.165) is 36.1 Å². The van der Waals surface area contributed by atoms with E-state index in [1.807, 2.05) is 45.9 Å². The third-order valence-electron chi connectivity index (χ3n) is 6.42. The van der Waals surface area contributed by atoms with Gasteiger partial charge >= 0.3 is 0 Å². The lowest BCUT2D eigenvalue weighted by molar-refractivity contribution is -0.0757. The van der Waals surface area contributed by atoms with Crippen molar-refractivity contribution in [2.45, 2.75) is 72.8 Å². The van der Waals surface area contributed by atoms with Crippen LogP contribution < -0.4 is 4.74 Å². The summed E-state index contributed by atoms with van der Waals surface area (Å²) in [6, 6.07) is 12.4. The van der Waals surface area contributed by atoms with Crippen molar-refractivity contribution in [3.8, 4) is 5.75 Å². The van der Waals surface area contributed by atoms with Gasteiger partial charge in [0, 0.05) is 12.6 Å². The zero-order chi connectivity index (χ0) is 24.8. The van der Waals surface area contributed by atoms with Gasteiger partial charge in [-0.3, -0.25) is 9.63 Å². The second-order valence-electron chi connectivity index (χ2n) is 10.00. The van der Waals surface area contributed by atoms with Crippen molar-refractivity contribution in [2.24, 2.45) is 5.41 Å². The minimum absolute atomic E-state index is 0.138. The van der Waals surface area contributed by atoms with Crippen LogP contribution >= 0.6 is 0 Å². The molecule has 1 N–H and O–H groups in total. The third kappa shape index (κ3) is 7.31. The number of aliphatic hydroxyl groups is 1. The molecule has 0 bridgehead atoms. The first-order valence-corrected chi connectivity index (χ1v) is 11.8. The molecule has 5 heteroatoms. The number of hydrogen-bond acceptors (Lipinski definition) is 4. The first kappa shape index (κ1) is 26.9. The molecular weight excluding hydrogens is 414 g/mol. The van der Waals surface area contributed by atoms with Crippen molar-refractivity contribution in [3.63, 3.8) is 0 Å². The number of rotatable bonds is 10. The third-order valence-corrected chi connectivity index (χ3v) is 6.42. The number of nitrogens with zero attached hydrogens (tertiary/aromatic N) is 1. The van der Waals surface area contributed by atoms with Crippen LogP contribution in [0.1, 0.15) is 79.1 Å². The monoisotopic (exact) mass is 455 g/mol. The molecule has 0 fully saturated rings. The molecule has 2 aromatic carbocycles. The van der Waals surface area contributed by atoms with E-state index in [1.165, 1.54) is 23.3 Å². The van der Waals surface area contributed by atoms with Gasteiger partial charge in [-0.1, -0.05) is 52.0 Å². The summed E-state index contributed by atoms with van der Waals surface area (Å²) in [5.74, 6) is 1.13. The van der Waals surface area contributed by atoms with Gasteiger partial charge in [0.2, 0.25) is 0 Å². The largest absolute Gasteiger partial charge is 0.491 e. The smallest absolute Gasteiger partial charge is 0.277 e. The van der Waals surface area contributed by atoms with Crippen LogP contribution in [0, 0.1) is 19.3 Å². The summed E-state index contributed by atoms with van der Waals surface area (Å²) in [5, 5.41) is 11.5. The van der Waals surface area contributed by atoms with E-state index in [2.05, 4.69) is 32.0 Å². The standard InChI is InChI=1S/C28H41NO4/c1-9-22(12-10-21-11-14-24(19(2)16-21)27(31)29(7)32-8)23-13-15-25(20(3)17-23)33-18-26(30)28(4,5)6/h11,13-17,22,26,30H,9-10,12,18H2,1-8H3. The molecule has 33 heavy (non-hydrogen) atoms. The molecule has 0 saturated carbocycles. The fourth-order valence-electron chi connectivity index (χ4n) is 3.83. The van der Waals surface area contributed by atoms with Gasteiger partial charge in [-0.2, -0.15) is 0 Å². The highest BCUT2D eigenvalue weighted by Crippen LogP contribution is 2.30. The van der Waals surface area contributed by atoms with Crippen molar-refractivity contribution in [1.29, 1.82) is 0 Å². The topological polar surface area (TPSA) is 59.0 Å². The Morgan fingerprint density at radius 1 is 1.09 bits per heavy atom. The van der Waals surface area contributed by atoms with Crippen LogP contribution in [0.4, 0.5) is 0 Å². The number of amides is 1. The number of hydroxylamine groups is 2. The van der Waals surface area contributed by atoms with Crippen LogP contribution in [0.5, 0.6) is 5.75 Å². The number of hydrogen-bond donors (Lipinski definition) is 1. The van der Waals surface area contributed by atoms with Crippen LogP contribution in [0.3, 0.4) is 0 Å². The Labute approximate surface area is 199 Å². The Hall–Kier alpha value is -2.37. The minimum Gasteiger partial charge on any atom is -0.491 e. The Morgan fingerprint density at radius 2 is 1.79 bits per heavy atom. The average molecular weight is 456 g/mol. The van der Waals surface area contributed by atoms with Crippen molar-refractivity contribution in [3.05, 3.63) is 64.2 Å². The molecule has 0 saturated heterocycles. The Balaban J connectivity index is 2.04. The van der Waals surface area contributed by atoms with Gasteiger partial charge < -0.3 is 9.84 Å². The van der Waals surface area contributed by atoms with Gasteiger partial charge in [-0.05, 0) is 78.8 Å². The number of aliphatic hydroxyl groups excluding tert-OH is 1. The Morgan fingerprint density at radius 3 is 2.33 bits per heavy atom. The molecule has 0 spiro atoms. The summed E-state index contributed by atoms with van der Waals surface area (Å²) in [7, 11) is 3.11. The first-order valence-electron chi connectivity index (χ1n) is 11.8. The molecular formula is C28H41NO4. The van der Waals surface area contributed by atoms with Gasteiger partial charge in [-0.15, -0.1) is 0 Å². The average Bonchev–Trinajstić information content (AvgIpc) is 2.77. The van der Waals surface area contributed by atoms with Gasteiger partial charge in [0.25, 0.3) is 5.91 Å². The van der Waals surface area contributed by atoms with Gasteiger partial charge in [0.1, 0.15) is 12.4 Å². The maximum absolute atomic E-state index is 12.4. The summed E-state index contributed by atoms with van der Waals surface area (Å²) in [6.45, 7) is 12.6. The van der Waals surface area contributed by atoms with E-state index in [0.29, 0.717) is 18.1 Å². The maximum atomic E-state index is 12.4. The number of ether oxygens (including phenoxy) is 1. The van der Waals surface area contributed by atoms with Crippen molar-refractivity contribution in [1.82, 2.24) is 5.06 Å². The van der Waals surface area contributed by atoms with E-state index in [-0.39, 0.29) is 11.3 Å². The van der Waals surface area contributed by atoms with E-state index < -0.39 is 6.10 Å². The molecule has 5 nitrogen and oxygen atoms in total. The van der Waals surface area contributed by atoms with Crippen LogP contribution in [0.2, 0.25) is 0 Å². The van der Waals surface area contributed by atoms with Crippen molar-refractivity contribution in [2.75, 3.05) is 20.8 Å². The molecule has 2 aromatic rings. The molecule has 0 heterocycles. The molecule has 0 aliphatic carbocycles. The lowest BCUT2D eigenvalue weighted by atomic mass is 9.88. The SMILES string of the molecule is CCC(CCc1ccc(C(=O)N(C)OC)c(C)c1)c1ccc(OCC(O)C(C)(C)C)c(C)c1. The van der Waals surface area contributed by atoms with Crippen molar-refractivity contribution >= 4 is 5.91 Å². The molecule has 182 valence electrons. The lowest BCUT2D eigenvalue weighted by Crippen LogP contribution is -2.32. The second kappa shape index (κ2) is 11.7. The summed E-state index contributed by atoms with van der Waals surface area (Å²) in [6.07, 6.45) is 2.52. The molecule has 2 rings (SSSR count). The van der Waals surface area contributed by atoms with Crippen LogP contribution in [0.15, 0.2) is 36.4 Å². The first-order chi connectivity index (χ1) is 15.5. The molecule has 0 radical (unpaired) electrons. The number of carbonyl (C=O) groups is 1. The summed E-state index contributed by atoms with van der Waals surface area (Å²) >= 11 is 0. The molecule has 0 aromatic heterocycles. The molecule has 1 amide bonds. The predicted octanol–water partition coefficient (Wildman–Crippen LogP) is 5.85. The highest BCUT2D eigenvalue weighted by atomic mass is 16.7. The van der Waals surface area contributed by atoms with E-state index >= 15 is 0 Å². The normalized spacial score (nSPS) is 13.5. The summed E-state index contributed by atoms with van der Waals surface area (Å²) < 4.78 is 5.90. The molecule has 0 aliphatic rings. The number of benzene rings is 2.